The lowest BCUT2D eigenvalue weighted by atomic mass is 9.92. The number of carbonyl (C=O) groups is 3. The van der Waals surface area contributed by atoms with Crippen LogP contribution < -0.4 is 10.6 Å². The Bertz CT molecular complexity index is 407. The number of rotatable bonds is 7. The van der Waals surface area contributed by atoms with Crippen molar-refractivity contribution in [3.8, 4) is 0 Å². The van der Waals surface area contributed by atoms with Gasteiger partial charge in [0.05, 0.1) is 19.6 Å². The number of hydrogen-bond donors (Lipinski definition) is 2. The van der Waals surface area contributed by atoms with Gasteiger partial charge >= 0.3 is 11.9 Å². The molecule has 1 amide bonds. The van der Waals surface area contributed by atoms with Crippen molar-refractivity contribution in [2.45, 2.75) is 45.1 Å². The van der Waals surface area contributed by atoms with Crippen LogP contribution in [0.15, 0.2) is 0 Å². The van der Waals surface area contributed by atoms with Crippen LogP contribution in [0.3, 0.4) is 0 Å². The smallest absolute Gasteiger partial charge is 0.343 e. The van der Waals surface area contributed by atoms with Crippen molar-refractivity contribution in [2.24, 2.45) is 5.92 Å². The van der Waals surface area contributed by atoms with Gasteiger partial charge in [0.1, 0.15) is 0 Å². The molecule has 1 heterocycles. The molecule has 0 aromatic heterocycles. The second-order valence-electron chi connectivity index (χ2n) is 5.42. The SMILES string of the molecule is CCCOC(=O)C(CC)(NC(=O)C1CCCNC1)C(=O)OC. The Morgan fingerprint density at radius 1 is 1.27 bits per heavy atom. The van der Waals surface area contributed by atoms with Crippen LogP contribution in [0.4, 0.5) is 0 Å². The Labute approximate surface area is 131 Å². The van der Waals surface area contributed by atoms with Crippen LogP contribution in [0, 0.1) is 5.92 Å². The van der Waals surface area contributed by atoms with E-state index >= 15 is 0 Å². The first kappa shape index (κ1) is 18.4. The Balaban J connectivity index is 2.90. The highest BCUT2D eigenvalue weighted by Gasteiger charge is 2.49. The van der Waals surface area contributed by atoms with Gasteiger partial charge in [-0.25, -0.2) is 9.59 Å². The number of carbonyl (C=O) groups excluding carboxylic acids is 3. The zero-order valence-electron chi connectivity index (χ0n) is 13.6. The average Bonchev–Trinajstić information content (AvgIpc) is 2.57. The summed E-state index contributed by atoms with van der Waals surface area (Å²) in [7, 11) is 1.19. The van der Waals surface area contributed by atoms with Gasteiger partial charge in [0.15, 0.2) is 0 Å². The highest BCUT2D eigenvalue weighted by Crippen LogP contribution is 2.18. The number of piperidine rings is 1. The lowest BCUT2D eigenvalue weighted by molar-refractivity contribution is -0.167. The predicted molar refractivity (Wildman–Crippen MR) is 80.0 cm³/mol. The molecule has 1 aliphatic rings. The van der Waals surface area contributed by atoms with Crippen LogP contribution in [0.5, 0.6) is 0 Å². The van der Waals surface area contributed by atoms with Gasteiger partial charge in [-0.05, 0) is 32.2 Å². The van der Waals surface area contributed by atoms with E-state index in [9.17, 15) is 14.4 Å². The van der Waals surface area contributed by atoms with Gasteiger partial charge in [0, 0.05) is 6.54 Å². The third-order valence-electron chi connectivity index (χ3n) is 3.85. The van der Waals surface area contributed by atoms with Crippen LogP contribution in [0.2, 0.25) is 0 Å². The fraction of sp³-hybridized carbons (Fsp3) is 0.800. The molecule has 0 aliphatic carbocycles. The summed E-state index contributed by atoms with van der Waals surface area (Å²) in [5, 5.41) is 5.71. The fourth-order valence-electron chi connectivity index (χ4n) is 2.44. The van der Waals surface area contributed by atoms with Gasteiger partial charge < -0.3 is 20.1 Å². The van der Waals surface area contributed by atoms with Crippen molar-refractivity contribution < 1.29 is 23.9 Å². The normalized spacial score (nSPS) is 20.6. The summed E-state index contributed by atoms with van der Waals surface area (Å²) >= 11 is 0. The molecule has 0 aromatic carbocycles. The molecular formula is C15H26N2O5. The second-order valence-corrected chi connectivity index (χ2v) is 5.42. The quantitative estimate of drug-likeness (QED) is 0.521. The van der Waals surface area contributed by atoms with Gasteiger partial charge in [0.2, 0.25) is 11.4 Å². The standard InChI is InChI=1S/C15H26N2O5/c1-4-9-22-14(20)15(5-2,13(19)21-3)17-12(18)11-7-6-8-16-10-11/h11,16H,4-10H2,1-3H3,(H,17,18). The Hall–Kier alpha value is -1.63. The monoisotopic (exact) mass is 314 g/mol. The number of methoxy groups -OCH3 is 1. The van der Waals surface area contributed by atoms with E-state index in [-0.39, 0.29) is 24.9 Å². The van der Waals surface area contributed by atoms with E-state index in [1.165, 1.54) is 7.11 Å². The van der Waals surface area contributed by atoms with E-state index in [1.54, 1.807) is 6.92 Å². The third kappa shape index (κ3) is 4.19. The van der Waals surface area contributed by atoms with E-state index in [0.29, 0.717) is 13.0 Å². The van der Waals surface area contributed by atoms with Gasteiger partial charge in [-0.1, -0.05) is 13.8 Å². The number of esters is 2. The minimum absolute atomic E-state index is 0.0775. The first-order valence-electron chi connectivity index (χ1n) is 7.80. The van der Waals surface area contributed by atoms with E-state index in [0.717, 1.165) is 19.4 Å². The molecular weight excluding hydrogens is 288 g/mol. The fourth-order valence-corrected chi connectivity index (χ4v) is 2.44. The Kier molecular flexibility index (Phi) is 7.31. The molecule has 0 spiro atoms. The molecule has 7 nitrogen and oxygen atoms in total. The van der Waals surface area contributed by atoms with Crippen LogP contribution in [-0.4, -0.2) is 50.2 Å². The minimum atomic E-state index is -1.77. The highest BCUT2D eigenvalue weighted by molar-refractivity contribution is 6.08. The third-order valence-corrected chi connectivity index (χ3v) is 3.85. The number of hydrogen-bond acceptors (Lipinski definition) is 6. The molecule has 2 unspecified atom stereocenters. The van der Waals surface area contributed by atoms with Gasteiger partial charge in [-0.15, -0.1) is 0 Å². The summed E-state index contributed by atoms with van der Waals surface area (Å²) in [6.07, 6.45) is 2.32. The van der Waals surface area contributed by atoms with Gasteiger partial charge in [0.25, 0.3) is 0 Å². The zero-order valence-corrected chi connectivity index (χ0v) is 13.6. The first-order chi connectivity index (χ1) is 10.5. The number of ether oxygens (including phenoxy) is 2. The molecule has 2 N–H and O–H groups in total. The topological polar surface area (TPSA) is 93.7 Å². The zero-order chi connectivity index (χ0) is 16.6. The molecule has 0 saturated carbocycles. The molecule has 22 heavy (non-hydrogen) atoms. The molecule has 1 saturated heterocycles. The van der Waals surface area contributed by atoms with E-state index < -0.39 is 17.5 Å². The van der Waals surface area contributed by atoms with Crippen molar-refractivity contribution in [1.82, 2.24) is 10.6 Å². The predicted octanol–water partition coefficient (Wildman–Crippen LogP) is 0.377. The van der Waals surface area contributed by atoms with Crippen molar-refractivity contribution in [1.29, 1.82) is 0 Å². The van der Waals surface area contributed by atoms with Crippen molar-refractivity contribution in [3.63, 3.8) is 0 Å². The number of nitrogens with one attached hydrogen (secondary N) is 2. The molecule has 1 fully saturated rings. The molecule has 126 valence electrons. The van der Waals surface area contributed by atoms with Crippen molar-refractivity contribution >= 4 is 17.8 Å². The number of amides is 1. The first-order valence-corrected chi connectivity index (χ1v) is 7.80. The van der Waals surface area contributed by atoms with E-state index in [1.807, 2.05) is 6.92 Å². The summed E-state index contributed by atoms with van der Waals surface area (Å²) in [5.74, 6) is -2.15. The van der Waals surface area contributed by atoms with E-state index in [2.05, 4.69) is 10.6 Å². The van der Waals surface area contributed by atoms with Crippen LogP contribution in [-0.2, 0) is 23.9 Å². The minimum Gasteiger partial charge on any atom is -0.467 e. The maximum absolute atomic E-state index is 12.4. The molecule has 0 radical (unpaired) electrons. The van der Waals surface area contributed by atoms with Crippen molar-refractivity contribution in [2.75, 3.05) is 26.8 Å². The largest absolute Gasteiger partial charge is 0.467 e. The van der Waals surface area contributed by atoms with Gasteiger partial charge in [-0.3, -0.25) is 4.79 Å². The molecule has 2 atom stereocenters. The summed E-state index contributed by atoms with van der Waals surface area (Å²) in [4.78, 5) is 36.9. The van der Waals surface area contributed by atoms with E-state index in [4.69, 9.17) is 9.47 Å². The van der Waals surface area contributed by atoms with Crippen molar-refractivity contribution in [3.05, 3.63) is 0 Å². The van der Waals surface area contributed by atoms with Gasteiger partial charge in [-0.2, -0.15) is 0 Å². The molecule has 7 heteroatoms. The summed E-state index contributed by atoms with van der Waals surface area (Å²) in [5.41, 5.74) is -1.77. The maximum atomic E-state index is 12.4. The lowest BCUT2D eigenvalue weighted by Crippen LogP contribution is -2.62. The highest BCUT2D eigenvalue weighted by atomic mass is 16.6. The Morgan fingerprint density at radius 2 is 2.00 bits per heavy atom. The lowest BCUT2D eigenvalue weighted by Gasteiger charge is -2.31. The second kappa shape index (κ2) is 8.73. The Morgan fingerprint density at radius 3 is 2.50 bits per heavy atom. The van der Waals surface area contributed by atoms with Crippen LogP contribution in [0.25, 0.3) is 0 Å². The molecule has 1 rings (SSSR count). The maximum Gasteiger partial charge on any atom is 0.343 e. The summed E-state index contributed by atoms with van der Waals surface area (Å²) in [6.45, 7) is 5.10. The van der Waals surface area contributed by atoms with Crippen LogP contribution in [0.1, 0.15) is 39.5 Å². The summed E-state index contributed by atoms with van der Waals surface area (Å²) < 4.78 is 9.81. The summed E-state index contributed by atoms with van der Waals surface area (Å²) in [6, 6.07) is 0. The molecule has 0 aromatic rings. The molecule has 1 aliphatic heterocycles. The van der Waals surface area contributed by atoms with Crippen LogP contribution >= 0.6 is 0 Å². The molecule has 0 bridgehead atoms. The average molecular weight is 314 g/mol.